The van der Waals surface area contributed by atoms with Crippen molar-refractivity contribution in [1.29, 1.82) is 0 Å². The molecule has 1 heterocycles. The molecule has 0 unspecified atom stereocenters. The van der Waals surface area contributed by atoms with Crippen LogP contribution in [0.25, 0.3) is 0 Å². The van der Waals surface area contributed by atoms with E-state index in [1.165, 1.54) is 0 Å². The minimum atomic E-state index is -0.174. The minimum absolute atomic E-state index is 0.0295. The highest BCUT2D eigenvalue weighted by molar-refractivity contribution is 5.39. The molecule has 0 bridgehead atoms. The van der Waals surface area contributed by atoms with Crippen molar-refractivity contribution in [2.45, 2.75) is 32.3 Å². The summed E-state index contributed by atoms with van der Waals surface area (Å²) in [7, 11) is 3.27. The molecule has 4 heteroatoms. The van der Waals surface area contributed by atoms with Crippen LogP contribution in [0.5, 0.6) is 11.5 Å². The lowest BCUT2D eigenvalue weighted by molar-refractivity contribution is -0.0495. The zero-order valence-corrected chi connectivity index (χ0v) is 10.6. The molecule has 0 amide bonds. The highest BCUT2D eigenvalue weighted by Gasteiger charge is 2.32. The summed E-state index contributed by atoms with van der Waals surface area (Å²) in [6.45, 7) is 3.90. The monoisotopic (exact) mass is 238 g/mol. The Morgan fingerprint density at radius 1 is 0.941 bits per heavy atom. The van der Waals surface area contributed by atoms with Gasteiger partial charge in [-0.15, -0.1) is 0 Å². The Kier molecular flexibility index (Phi) is 3.54. The van der Waals surface area contributed by atoms with Gasteiger partial charge in [0.2, 0.25) is 0 Å². The lowest BCUT2D eigenvalue weighted by Crippen LogP contribution is -2.10. The highest BCUT2D eigenvalue weighted by atomic mass is 16.7. The molecule has 17 heavy (non-hydrogen) atoms. The molecule has 1 saturated heterocycles. The SMILES string of the molecule is COc1cc(OC)cc([C@@H]2O[C@H](C)O[C@@H]2C)c1. The predicted octanol–water partition coefficient (Wildman–Crippen LogP) is 2.53. The van der Waals surface area contributed by atoms with Crippen molar-refractivity contribution in [2.24, 2.45) is 0 Å². The van der Waals surface area contributed by atoms with Gasteiger partial charge in [0.25, 0.3) is 0 Å². The zero-order valence-electron chi connectivity index (χ0n) is 10.6. The molecule has 1 fully saturated rings. The number of rotatable bonds is 3. The molecule has 1 aliphatic heterocycles. The van der Waals surface area contributed by atoms with E-state index >= 15 is 0 Å². The summed E-state index contributed by atoms with van der Waals surface area (Å²) in [5, 5.41) is 0. The summed E-state index contributed by atoms with van der Waals surface area (Å²) in [4.78, 5) is 0. The second-order valence-electron chi connectivity index (χ2n) is 4.11. The first-order valence-electron chi connectivity index (χ1n) is 5.68. The van der Waals surface area contributed by atoms with Crippen LogP contribution in [0.1, 0.15) is 25.5 Å². The van der Waals surface area contributed by atoms with E-state index in [0.29, 0.717) is 0 Å². The maximum Gasteiger partial charge on any atom is 0.156 e. The molecule has 1 aromatic carbocycles. The van der Waals surface area contributed by atoms with Crippen molar-refractivity contribution in [3.8, 4) is 11.5 Å². The Labute approximate surface area is 101 Å². The van der Waals surface area contributed by atoms with Crippen LogP contribution in [0, 0.1) is 0 Å². The minimum Gasteiger partial charge on any atom is -0.497 e. The first kappa shape index (κ1) is 12.2. The van der Waals surface area contributed by atoms with Crippen molar-refractivity contribution in [3.63, 3.8) is 0 Å². The van der Waals surface area contributed by atoms with E-state index in [1.54, 1.807) is 14.2 Å². The van der Waals surface area contributed by atoms with Gasteiger partial charge < -0.3 is 18.9 Å². The van der Waals surface area contributed by atoms with Crippen LogP contribution in [-0.2, 0) is 9.47 Å². The quantitative estimate of drug-likeness (QED) is 0.810. The lowest BCUT2D eigenvalue weighted by atomic mass is 10.0. The number of ether oxygens (including phenoxy) is 4. The molecule has 0 aliphatic carbocycles. The van der Waals surface area contributed by atoms with Crippen molar-refractivity contribution in [2.75, 3.05) is 14.2 Å². The smallest absolute Gasteiger partial charge is 0.156 e. The van der Waals surface area contributed by atoms with Gasteiger partial charge in [0.1, 0.15) is 17.6 Å². The van der Waals surface area contributed by atoms with E-state index in [9.17, 15) is 0 Å². The molecular formula is C13H18O4. The maximum absolute atomic E-state index is 5.73. The second-order valence-corrected chi connectivity index (χ2v) is 4.11. The number of hydrogen-bond acceptors (Lipinski definition) is 4. The predicted molar refractivity (Wildman–Crippen MR) is 63.4 cm³/mol. The van der Waals surface area contributed by atoms with Gasteiger partial charge in [-0.2, -0.15) is 0 Å². The van der Waals surface area contributed by atoms with Crippen LogP contribution in [0.4, 0.5) is 0 Å². The molecule has 0 radical (unpaired) electrons. The summed E-state index contributed by atoms with van der Waals surface area (Å²) in [5.41, 5.74) is 1.01. The van der Waals surface area contributed by atoms with E-state index in [4.69, 9.17) is 18.9 Å². The molecule has 0 aromatic heterocycles. The second kappa shape index (κ2) is 4.94. The summed E-state index contributed by atoms with van der Waals surface area (Å²) in [6.07, 6.45) is -0.219. The van der Waals surface area contributed by atoms with Crippen molar-refractivity contribution < 1.29 is 18.9 Å². The molecule has 0 spiro atoms. The Morgan fingerprint density at radius 2 is 1.53 bits per heavy atom. The third-order valence-electron chi connectivity index (χ3n) is 2.87. The summed E-state index contributed by atoms with van der Waals surface area (Å²) < 4.78 is 21.8. The van der Waals surface area contributed by atoms with Crippen molar-refractivity contribution in [1.82, 2.24) is 0 Å². The Morgan fingerprint density at radius 3 is 1.94 bits per heavy atom. The van der Waals surface area contributed by atoms with Gasteiger partial charge in [-0.05, 0) is 31.5 Å². The van der Waals surface area contributed by atoms with Gasteiger partial charge in [0.15, 0.2) is 6.29 Å². The first-order chi connectivity index (χ1) is 8.13. The van der Waals surface area contributed by atoms with E-state index in [-0.39, 0.29) is 18.5 Å². The molecule has 1 aliphatic rings. The van der Waals surface area contributed by atoms with E-state index in [0.717, 1.165) is 17.1 Å². The van der Waals surface area contributed by atoms with Crippen LogP contribution < -0.4 is 9.47 Å². The fourth-order valence-electron chi connectivity index (χ4n) is 2.07. The Bertz CT molecular complexity index is 369. The topological polar surface area (TPSA) is 36.9 Å². The first-order valence-corrected chi connectivity index (χ1v) is 5.68. The zero-order chi connectivity index (χ0) is 12.4. The van der Waals surface area contributed by atoms with Gasteiger partial charge in [-0.1, -0.05) is 0 Å². The fraction of sp³-hybridized carbons (Fsp3) is 0.538. The van der Waals surface area contributed by atoms with Gasteiger partial charge in [0.05, 0.1) is 20.3 Å². The van der Waals surface area contributed by atoms with E-state index in [2.05, 4.69) is 0 Å². The van der Waals surface area contributed by atoms with Crippen LogP contribution in [0.15, 0.2) is 18.2 Å². The summed E-state index contributed by atoms with van der Waals surface area (Å²) in [6, 6.07) is 5.74. The largest absolute Gasteiger partial charge is 0.497 e. The third kappa shape index (κ3) is 2.53. The molecule has 2 rings (SSSR count). The highest BCUT2D eigenvalue weighted by Crippen LogP contribution is 2.35. The van der Waals surface area contributed by atoms with Crippen molar-refractivity contribution in [3.05, 3.63) is 23.8 Å². The maximum atomic E-state index is 5.73. The number of methoxy groups -OCH3 is 2. The van der Waals surface area contributed by atoms with Gasteiger partial charge in [-0.25, -0.2) is 0 Å². The Balaban J connectivity index is 2.31. The van der Waals surface area contributed by atoms with E-state index < -0.39 is 0 Å². The fourth-order valence-corrected chi connectivity index (χ4v) is 2.07. The Hall–Kier alpha value is -1.26. The molecule has 0 saturated carbocycles. The molecule has 3 atom stereocenters. The van der Waals surface area contributed by atoms with Crippen LogP contribution in [0.3, 0.4) is 0 Å². The van der Waals surface area contributed by atoms with Crippen molar-refractivity contribution >= 4 is 0 Å². The third-order valence-corrected chi connectivity index (χ3v) is 2.87. The molecule has 94 valence electrons. The average Bonchev–Trinajstić information content (AvgIpc) is 2.67. The van der Waals surface area contributed by atoms with Crippen LogP contribution >= 0.6 is 0 Å². The van der Waals surface area contributed by atoms with Crippen LogP contribution in [-0.4, -0.2) is 26.6 Å². The number of benzene rings is 1. The molecule has 1 aromatic rings. The number of hydrogen-bond donors (Lipinski definition) is 0. The van der Waals surface area contributed by atoms with Gasteiger partial charge in [-0.3, -0.25) is 0 Å². The molecular weight excluding hydrogens is 220 g/mol. The average molecular weight is 238 g/mol. The van der Waals surface area contributed by atoms with Gasteiger partial charge in [0, 0.05) is 6.07 Å². The normalized spacial score (nSPS) is 28.1. The molecule has 4 nitrogen and oxygen atoms in total. The van der Waals surface area contributed by atoms with Crippen LogP contribution in [0.2, 0.25) is 0 Å². The summed E-state index contributed by atoms with van der Waals surface area (Å²) >= 11 is 0. The molecule has 0 N–H and O–H groups in total. The summed E-state index contributed by atoms with van der Waals surface area (Å²) in [5.74, 6) is 1.52. The van der Waals surface area contributed by atoms with Gasteiger partial charge >= 0.3 is 0 Å². The lowest BCUT2D eigenvalue weighted by Gasteiger charge is -2.15. The standard InChI is InChI=1S/C13H18O4/c1-8-13(17-9(2)16-8)10-5-11(14-3)7-12(6-10)15-4/h5-9,13H,1-4H3/t8-,9-,13-/m1/s1. The van der Waals surface area contributed by atoms with E-state index in [1.807, 2.05) is 32.0 Å².